The van der Waals surface area contributed by atoms with E-state index in [2.05, 4.69) is 24.1 Å². The summed E-state index contributed by atoms with van der Waals surface area (Å²) >= 11 is 0. The van der Waals surface area contributed by atoms with Crippen LogP contribution in [0.5, 0.6) is 0 Å². The van der Waals surface area contributed by atoms with Crippen molar-refractivity contribution >= 4 is 5.97 Å². The van der Waals surface area contributed by atoms with Gasteiger partial charge in [0, 0.05) is 18.6 Å². The summed E-state index contributed by atoms with van der Waals surface area (Å²) in [7, 11) is 0. The molecule has 2 N–H and O–H groups in total. The molecule has 132 valence electrons. The Labute approximate surface area is 145 Å². The molecule has 0 saturated carbocycles. The van der Waals surface area contributed by atoms with Gasteiger partial charge in [-0.2, -0.15) is 0 Å². The second-order valence-corrected chi connectivity index (χ2v) is 7.62. The summed E-state index contributed by atoms with van der Waals surface area (Å²) in [5.74, 6) is -0.368. The zero-order chi connectivity index (χ0) is 17.1. The molecule has 0 aromatic heterocycles. The van der Waals surface area contributed by atoms with Gasteiger partial charge in [0.15, 0.2) is 0 Å². The van der Waals surface area contributed by atoms with Crippen LogP contribution in [0.1, 0.15) is 66.9 Å². The van der Waals surface area contributed by atoms with Crippen molar-refractivity contribution in [2.75, 3.05) is 19.6 Å². The van der Waals surface area contributed by atoms with Gasteiger partial charge in [0.2, 0.25) is 0 Å². The van der Waals surface area contributed by atoms with Crippen LogP contribution in [0.4, 0.5) is 0 Å². The van der Waals surface area contributed by atoms with E-state index in [0.717, 1.165) is 19.4 Å². The van der Waals surface area contributed by atoms with Gasteiger partial charge in [0.1, 0.15) is 0 Å². The van der Waals surface area contributed by atoms with Gasteiger partial charge in [-0.1, -0.05) is 6.07 Å². The number of rotatable bonds is 5. The predicted molar refractivity (Wildman–Crippen MR) is 96.8 cm³/mol. The van der Waals surface area contributed by atoms with Gasteiger partial charge in [-0.3, -0.25) is 0 Å². The Kier molecular flexibility index (Phi) is 5.57. The predicted octanol–water partition coefficient (Wildman–Crippen LogP) is 3.27. The average molecular weight is 330 g/mol. The molecular weight excluding hydrogens is 300 g/mol. The maximum absolute atomic E-state index is 11.3. The number of hydrogen-bond acceptors (Lipinski definition) is 3. The number of fused-ring (bicyclic) bond motifs is 1. The lowest BCUT2D eigenvalue weighted by Gasteiger charge is -2.36. The molecule has 1 aliphatic heterocycles. The zero-order valence-corrected chi connectivity index (χ0v) is 14.9. The van der Waals surface area contributed by atoms with Crippen LogP contribution in [0.15, 0.2) is 18.2 Å². The number of benzene rings is 1. The van der Waals surface area contributed by atoms with Crippen molar-refractivity contribution in [3.8, 4) is 0 Å². The maximum Gasteiger partial charge on any atom is 0.335 e. The van der Waals surface area contributed by atoms with E-state index < -0.39 is 5.97 Å². The molecule has 0 bridgehead atoms. The van der Waals surface area contributed by atoms with Crippen molar-refractivity contribution < 1.29 is 9.90 Å². The number of carboxylic acids is 1. The summed E-state index contributed by atoms with van der Waals surface area (Å²) in [6.07, 6.45) is 5.88. The summed E-state index contributed by atoms with van der Waals surface area (Å²) in [5.41, 5.74) is 3.02. The number of aromatic carboxylic acids is 1. The monoisotopic (exact) mass is 330 g/mol. The highest BCUT2D eigenvalue weighted by atomic mass is 16.4. The Morgan fingerprint density at radius 2 is 2.04 bits per heavy atom. The van der Waals surface area contributed by atoms with E-state index in [4.69, 9.17) is 0 Å². The largest absolute Gasteiger partial charge is 0.478 e. The molecule has 2 aliphatic rings. The highest BCUT2D eigenvalue weighted by Gasteiger charge is 2.24. The lowest BCUT2D eigenvalue weighted by Crippen LogP contribution is -2.45. The first-order valence-corrected chi connectivity index (χ1v) is 9.38. The minimum atomic E-state index is -0.823. The smallest absolute Gasteiger partial charge is 0.335 e. The molecule has 24 heavy (non-hydrogen) atoms. The molecule has 4 nitrogen and oxygen atoms in total. The summed E-state index contributed by atoms with van der Waals surface area (Å²) in [6, 6.07) is 6.92. The van der Waals surface area contributed by atoms with E-state index in [1.54, 1.807) is 6.07 Å². The number of hydrogen-bond donors (Lipinski definition) is 2. The number of carbonyl (C=O) groups is 1. The average Bonchev–Trinajstić information content (AvgIpc) is 2.59. The number of aryl methyl sites for hydroxylation is 1. The second kappa shape index (κ2) is 7.66. The van der Waals surface area contributed by atoms with E-state index in [0.29, 0.717) is 23.6 Å². The molecule has 1 fully saturated rings. The van der Waals surface area contributed by atoms with Gasteiger partial charge in [-0.15, -0.1) is 0 Å². The van der Waals surface area contributed by atoms with Crippen LogP contribution in [0.3, 0.4) is 0 Å². The van der Waals surface area contributed by atoms with Gasteiger partial charge in [0.25, 0.3) is 0 Å². The Morgan fingerprint density at radius 3 is 2.71 bits per heavy atom. The van der Waals surface area contributed by atoms with Crippen molar-refractivity contribution in [1.29, 1.82) is 0 Å². The normalized spacial score (nSPS) is 22.5. The van der Waals surface area contributed by atoms with Crippen LogP contribution in [-0.2, 0) is 6.42 Å². The first kappa shape index (κ1) is 17.4. The molecule has 1 atom stereocenters. The Bertz CT molecular complexity index is 577. The number of nitrogens with one attached hydrogen (secondary N) is 1. The van der Waals surface area contributed by atoms with Crippen LogP contribution in [0.2, 0.25) is 0 Å². The fourth-order valence-electron chi connectivity index (χ4n) is 4.17. The third kappa shape index (κ3) is 3.98. The topological polar surface area (TPSA) is 52.6 Å². The Balaban J connectivity index is 1.59. The Morgan fingerprint density at radius 1 is 1.29 bits per heavy atom. The zero-order valence-electron chi connectivity index (χ0n) is 14.9. The van der Waals surface area contributed by atoms with Crippen molar-refractivity contribution in [3.63, 3.8) is 0 Å². The highest BCUT2D eigenvalue weighted by molar-refractivity contribution is 5.88. The number of likely N-dealkylation sites (tertiary alicyclic amines) is 1. The van der Waals surface area contributed by atoms with E-state index in [1.165, 1.54) is 43.5 Å². The van der Waals surface area contributed by atoms with Crippen LogP contribution in [0.25, 0.3) is 0 Å². The molecule has 1 unspecified atom stereocenters. The number of carboxylic acid groups (broad SMARTS) is 1. The van der Waals surface area contributed by atoms with Gasteiger partial charge in [0.05, 0.1) is 5.56 Å². The summed E-state index contributed by atoms with van der Waals surface area (Å²) in [5, 5.41) is 13.0. The summed E-state index contributed by atoms with van der Waals surface area (Å²) in [4.78, 5) is 13.8. The van der Waals surface area contributed by atoms with E-state index in [9.17, 15) is 9.90 Å². The fraction of sp³-hybridized carbons (Fsp3) is 0.650. The van der Waals surface area contributed by atoms with Crippen molar-refractivity contribution in [2.24, 2.45) is 0 Å². The van der Waals surface area contributed by atoms with Crippen LogP contribution in [-0.4, -0.2) is 47.7 Å². The van der Waals surface area contributed by atoms with E-state index in [1.807, 2.05) is 12.1 Å². The summed E-state index contributed by atoms with van der Waals surface area (Å²) < 4.78 is 0. The molecule has 1 heterocycles. The van der Waals surface area contributed by atoms with Crippen molar-refractivity contribution in [3.05, 3.63) is 34.9 Å². The molecule has 3 rings (SSSR count). The van der Waals surface area contributed by atoms with Gasteiger partial charge >= 0.3 is 5.97 Å². The lowest BCUT2D eigenvalue weighted by molar-refractivity contribution is 0.0696. The van der Waals surface area contributed by atoms with Gasteiger partial charge < -0.3 is 15.3 Å². The molecule has 0 radical (unpaired) electrons. The maximum atomic E-state index is 11.3. The Hall–Kier alpha value is -1.39. The van der Waals surface area contributed by atoms with Gasteiger partial charge in [-0.25, -0.2) is 4.79 Å². The van der Waals surface area contributed by atoms with E-state index in [-0.39, 0.29) is 0 Å². The highest BCUT2D eigenvalue weighted by Crippen LogP contribution is 2.32. The molecule has 1 aromatic carbocycles. The lowest BCUT2D eigenvalue weighted by atomic mass is 9.81. The van der Waals surface area contributed by atoms with E-state index >= 15 is 0 Å². The van der Waals surface area contributed by atoms with Crippen LogP contribution < -0.4 is 5.32 Å². The van der Waals surface area contributed by atoms with Crippen LogP contribution in [0, 0.1) is 0 Å². The molecule has 1 aliphatic carbocycles. The first-order valence-electron chi connectivity index (χ1n) is 9.38. The molecule has 4 heteroatoms. The standard InChI is InChI=1S/C20H30N2O2/c1-14(2)22-10-8-18(9-11-22)21-13-17-5-3-4-15-6-7-16(20(23)24)12-19(15)17/h6-7,12,14,17-18,21H,3-5,8-11,13H2,1-2H3,(H,23,24). The SMILES string of the molecule is CC(C)N1CCC(NCC2CCCc3ccc(C(=O)O)cc32)CC1. The number of piperidine rings is 1. The molecule has 1 aromatic rings. The van der Waals surface area contributed by atoms with Crippen molar-refractivity contribution in [2.45, 2.75) is 64.0 Å². The second-order valence-electron chi connectivity index (χ2n) is 7.62. The van der Waals surface area contributed by atoms with Crippen molar-refractivity contribution in [1.82, 2.24) is 10.2 Å². The first-order chi connectivity index (χ1) is 11.5. The molecular formula is C20H30N2O2. The third-order valence-electron chi connectivity index (χ3n) is 5.74. The summed E-state index contributed by atoms with van der Waals surface area (Å²) in [6.45, 7) is 7.88. The molecule has 1 saturated heterocycles. The van der Waals surface area contributed by atoms with Crippen LogP contribution >= 0.6 is 0 Å². The fourth-order valence-corrected chi connectivity index (χ4v) is 4.17. The number of nitrogens with zero attached hydrogens (tertiary/aromatic N) is 1. The van der Waals surface area contributed by atoms with Gasteiger partial charge in [-0.05, 0) is 88.2 Å². The minimum absolute atomic E-state index is 0.422. The molecule has 0 amide bonds. The minimum Gasteiger partial charge on any atom is -0.478 e. The molecule has 0 spiro atoms. The quantitative estimate of drug-likeness (QED) is 0.870. The third-order valence-corrected chi connectivity index (χ3v) is 5.74.